The SMILES string of the molecule is C[C@H]1CCc2sc(-c3nnc(S[C@H](C)C(=O)N(C)c4ccccc4)o3)cc2C1. The average molecular weight is 414 g/mol. The van der Waals surface area contributed by atoms with Gasteiger partial charge in [0, 0.05) is 17.6 Å². The minimum atomic E-state index is -0.323. The monoisotopic (exact) mass is 413 g/mol. The Balaban J connectivity index is 1.44. The highest BCUT2D eigenvalue weighted by atomic mass is 32.2. The maximum atomic E-state index is 12.7. The van der Waals surface area contributed by atoms with Crippen LogP contribution in [0.2, 0.25) is 0 Å². The van der Waals surface area contributed by atoms with E-state index in [0.29, 0.717) is 11.1 Å². The second kappa shape index (κ2) is 8.09. The third-order valence-corrected chi connectivity index (χ3v) is 7.19. The van der Waals surface area contributed by atoms with E-state index in [0.717, 1.165) is 29.3 Å². The second-order valence-corrected chi connectivity index (χ2v) is 9.70. The van der Waals surface area contributed by atoms with Gasteiger partial charge in [0.05, 0.1) is 10.1 Å². The minimum Gasteiger partial charge on any atom is -0.410 e. The van der Waals surface area contributed by atoms with E-state index >= 15 is 0 Å². The lowest BCUT2D eigenvalue weighted by Crippen LogP contribution is -2.33. The molecule has 1 aliphatic rings. The summed E-state index contributed by atoms with van der Waals surface area (Å²) in [5.74, 6) is 1.28. The molecule has 7 heteroatoms. The van der Waals surface area contributed by atoms with Crippen LogP contribution >= 0.6 is 23.1 Å². The highest BCUT2D eigenvalue weighted by Crippen LogP contribution is 2.37. The van der Waals surface area contributed by atoms with Crippen LogP contribution in [0.4, 0.5) is 5.69 Å². The van der Waals surface area contributed by atoms with Crippen LogP contribution in [-0.4, -0.2) is 28.4 Å². The molecule has 0 spiro atoms. The summed E-state index contributed by atoms with van der Waals surface area (Å²) in [6.45, 7) is 4.16. The Morgan fingerprint density at radius 2 is 2.11 bits per heavy atom. The lowest BCUT2D eigenvalue weighted by Gasteiger charge is -2.20. The van der Waals surface area contributed by atoms with Gasteiger partial charge in [-0.05, 0) is 55.9 Å². The highest BCUT2D eigenvalue weighted by molar-refractivity contribution is 8.00. The Kier molecular flexibility index (Phi) is 5.55. The lowest BCUT2D eigenvalue weighted by atomic mass is 9.90. The van der Waals surface area contributed by atoms with Crippen LogP contribution in [0.3, 0.4) is 0 Å². The number of hydrogen-bond donors (Lipinski definition) is 0. The van der Waals surface area contributed by atoms with Crippen molar-refractivity contribution in [3.05, 3.63) is 46.8 Å². The topological polar surface area (TPSA) is 59.2 Å². The number of carbonyl (C=O) groups is 1. The Bertz CT molecular complexity index is 967. The summed E-state index contributed by atoms with van der Waals surface area (Å²) in [4.78, 5) is 16.8. The predicted octanol–water partition coefficient (Wildman–Crippen LogP) is 5.07. The number of aryl methyl sites for hydroxylation is 1. The number of amides is 1. The van der Waals surface area contributed by atoms with Gasteiger partial charge in [-0.15, -0.1) is 21.5 Å². The van der Waals surface area contributed by atoms with E-state index in [-0.39, 0.29) is 11.2 Å². The van der Waals surface area contributed by atoms with Crippen molar-refractivity contribution >= 4 is 34.7 Å². The quantitative estimate of drug-likeness (QED) is 0.547. The van der Waals surface area contributed by atoms with E-state index in [2.05, 4.69) is 23.2 Å². The molecule has 1 amide bonds. The molecule has 0 saturated carbocycles. The van der Waals surface area contributed by atoms with Crippen LogP contribution in [0, 0.1) is 5.92 Å². The van der Waals surface area contributed by atoms with E-state index in [9.17, 15) is 4.79 Å². The summed E-state index contributed by atoms with van der Waals surface area (Å²) in [7, 11) is 1.78. The number of fused-ring (bicyclic) bond motifs is 1. The molecule has 0 aliphatic heterocycles. The van der Waals surface area contributed by atoms with Crippen molar-refractivity contribution in [3.8, 4) is 10.8 Å². The van der Waals surface area contributed by atoms with Crippen molar-refractivity contribution in [2.75, 3.05) is 11.9 Å². The molecule has 1 aromatic carbocycles. The molecule has 1 aliphatic carbocycles. The second-order valence-electron chi connectivity index (χ2n) is 7.27. The van der Waals surface area contributed by atoms with Crippen molar-refractivity contribution < 1.29 is 9.21 Å². The third-order valence-electron chi connectivity index (χ3n) is 5.05. The molecule has 0 radical (unpaired) electrons. The van der Waals surface area contributed by atoms with Gasteiger partial charge in [-0.3, -0.25) is 4.79 Å². The molecule has 5 nitrogen and oxygen atoms in total. The number of benzene rings is 1. The normalized spacial score (nSPS) is 17.2. The molecule has 2 atom stereocenters. The Labute approximate surface area is 173 Å². The fourth-order valence-corrected chi connectivity index (χ4v) is 5.33. The minimum absolute atomic E-state index is 0.00322. The maximum absolute atomic E-state index is 12.7. The van der Waals surface area contributed by atoms with Gasteiger partial charge < -0.3 is 9.32 Å². The van der Waals surface area contributed by atoms with Crippen molar-refractivity contribution in [2.45, 2.75) is 43.6 Å². The highest BCUT2D eigenvalue weighted by Gasteiger charge is 2.24. The largest absolute Gasteiger partial charge is 0.410 e. The van der Waals surface area contributed by atoms with Crippen LogP contribution in [-0.2, 0) is 17.6 Å². The van der Waals surface area contributed by atoms with E-state index in [1.807, 2.05) is 37.3 Å². The van der Waals surface area contributed by atoms with Gasteiger partial charge in [0.2, 0.25) is 5.91 Å². The zero-order valence-electron chi connectivity index (χ0n) is 16.2. The molecule has 28 heavy (non-hydrogen) atoms. The molecule has 3 aromatic rings. The number of rotatable bonds is 5. The fraction of sp³-hybridized carbons (Fsp3) is 0.381. The molecule has 0 fully saturated rings. The zero-order valence-corrected chi connectivity index (χ0v) is 17.8. The van der Waals surface area contributed by atoms with Crippen molar-refractivity contribution in [1.82, 2.24) is 10.2 Å². The number of carbonyl (C=O) groups excluding carboxylic acids is 1. The van der Waals surface area contributed by atoms with Gasteiger partial charge in [0.25, 0.3) is 11.1 Å². The van der Waals surface area contributed by atoms with E-state index in [1.165, 1.54) is 28.6 Å². The van der Waals surface area contributed by atoms with Gasteiger partial charge in [0.1, 0.15) is 0 Å². The molecule has 0 bridgehead atoms. The first-order valence-corrected chi connectivity index (χ1v) is 11.2. The first kappa shape index (κ1) is 19.2. The van der Waals surface area contributed by atoms with E-state index in [1.54, 1.807) is 23.3 Å². The molecule has 2 aromatic heterocycles. The van der Waals surface area contributed by atoms with Crippen LogP contribution in [0.25, 0.3) is 10.8 Å². The van der Waals surface area contributed by atoms with Crippen LogP contribution in [0.1, 0.15) is 30.7 Å². The van der Waals surface area contributed by atoms with Crippen LogP contribution in [0.5, 0.6) is 0 Å². The molecular weight excluding hydrogens is 390 g/mol. The number of nitrogens with zero attached hydrogens (tertiary/aromatic N) is 3. The number of hydrogen-bond acceptors (Lipinski definition) is 6. The zero-order chi connectivity index (χ0) is 19.7. The maximum Gasteiger partial charge on any atom is 0.277 e. The average Bonchev–Trinajstić information content (AvgIpc) is 3.33. The Morgan fingerprint density at radius 1 is 1.32 bits per heavy atom. The summed E-state index contributed by atoms with van der Waals surface area (Å²) < 4.78 is 5.86. The molecular formula is C21H23N3O2S2. The predicted molar refractivity (Wildman–Crippen MR) is 114 cm³/mol. The third kappa shape index (κ3) is 4.00. The van der Waals surface area contributed by atoms with Crippen molar-refractivity contribution in [1.29, 1.82) is 0 Å². The van der Waals surface area contributed by atoms with Crippen molar-refractivity contribution in [3.63, 3.8) is 0 Å². The molecule has 4 rings (SSSR count). The van der Waals surface area contributed by atoms with Crippen LogP contribution < -0.4 is 4.90 Å². The van der Waals surface area contributed by atoms with E-state index < -0.39 is 0 Å². The Hall–Kier alpha value is -2.12. The standard InChI is InChI=1S/C21H23N3O2S2/c1-13-9-10-17-15(11-13)12-18(28-17)19-22-23-21(26-19)27-14(2)20(25)24(3)16-7-5-4-6-8-16/h4-8,12-14H,9-11H2,1-3H3/t13-,14+/m0/s1. The number of para-hydroxylation sites is 1. The summed E-state index contributed by atoms with van der Waals surface area (Å²) in [5.41, 5.74) is 2.28. The molecule has 0 N–H and O–H groups in total. The number of anilines is 1. The number of aromatic nitrogens is 2. The van der Waals surface area contributed by atoms with Gasteiger partial charge in [0.15, 0.2) is 0 Å². The summed E-state index contributed by atoms with van der Waals surface area (Å²) in [6.07, 6.45) is 3.50. The summed E-state index contributed by atoms with van der Waals surface area (Å²) >= 11 is 3.05. The van der Waals surface area contributed by atoms with Gasteiger partial charge in [-0.2, -0.15) is 0 Å². The van der Waals surface area contributed by atoms with E-state index in [4.69, 9.17) is 4.42 Å². The smallest absolute Gasteiger partial charge is 0.277 e. The lowest BCUT2D eigenvalue weighted by molar-refractivity contribution is -0.117. The van der Waals surface area contributed by atoms with Crippen molar-refractivity contribution in [2.24, 2.45) is 5.92 Å². The fourth-order valence-electron chi connectivity index (χ4n) is 3.42. The van der Waals surface area contributed by atoms with Gasteiger partial charge >= 0.3 is 0 Å². The van der Waals surface area contributed by atoms with Crippen LogP contribution in [0.15, 0.2) is 46.0 Å². The first-order chi connectivity index (χ1) is 13.5. The van der Waals surface area contributed by atoms with Gasteiger partial charge in [-0.1, -0.05) is 36.9 Å². The molecule has 0 unspecified atom stereocenters. The first-order valence-electron chi connectivity index (χ1n) is 9.46. The summed E-state index contributed by atoms with van der Waals surface area (Å²) in [6, 6.07) is 11.8. The van der Waals surface area contributed by atoms with Gasteiger partial charge in [-0.25, -0.2) is 0 Å². The molecule has 146 valence electrons. The molecule has 0 saturated heterocycles. The molecule has 2 heterocycles. The number of thioether (sulfide) groups is 1. The Morgan fingerprint density at radius 3 is 2.89 bits per heavy atom. The number of thiophene rings is 1. The summed E-state index contributed by atoms with van der Waals surface area (Å²) in [5, 5.41) is 8.47.